The van der Waals surface area contributed by atoms with E-state index >= 15 is 0 Å². The summed E-state index contributed by atoms with van der Waals surface area (Å²) in [6.45, 7) is 0. The van der Waals surface area contributed by atoms with Crippen LogP contribution in [0.2, 0.25) is 0 Å². The molecule has 0 radical (unpaired) electrons. The van der Waals surface area contributed by atoms with Crippen LogP contribution in [0.4, 0.5) is 4.39 Å². The van der Waals surface area contributed by atoms with E-state index in [0.29, 0.717) is 0 Å². The van der Waals surface area contributed by atoms with Gasteiger partial charge in [0, 0.05) is 0 Å². The fraction of sp³-hybridized carbons (Fsp3) is 0. The highest BCUT2D eigenvalue weighted by Gasteiger charge is 2.14. The number of hydrazone groups is 1. The molecule has 0 aliphatic carbocycles. The molecule has 1 aromatic carbocycles. The molecule has 5 nitrogen and oxygen atoms in total. The van der Waals surface area contributed by atoms with Crippen molar-refractivity contribution in [3.63, 3.8) is 0 Å². The van der Waals surface area contributed by atoms with Crippen molar-refractivity contribution in [2.75, 3.05) is 0 Å². The first-order valence-electron chi connectivity index (χ1n) is 3.75. The van der Waals surface area contributed by atoms with E-state index in [9.17, 15) is 4.39 Å². The second-order valence-corrected chi connectivity index (χ2v) is 2.63. The van der Waals surface area contributed by atoms with Crippen LogP contribution >= 0.6 is 0 Å². The maximum absolute atomic E-state index is 13.1. The van der Waals surface area contributed by atoms with Crippen LogP contribution in [0.25, 0.3) is 0 Å². The van der Waals surface area contributed by atoms with Crippen molar-refractivity contribution in [2.45, 2.75) is 0 Å². The average molecular weight is 197 g/mol. The van der Waals surface area contributed by atoms with Gasteiger partial charge < -0.3 is 21.6 Å². The van der Waals surface area contributed by atoms with Gasteiger partial charge in [-0.3, -0.25) is 0 Å². The largest absolute Gasteiger partial charge is 0.488 e. The van der Waals surface area contributed by atoms with Crippen LogP contribution in [0.5, 0.6) is 0 Å². The predicted octanol–water partition coefficient (Wildman–Crippen LogP) is -1.92. The van der Waals surface area contributed by atoms with Gasteiger partial charge in [-0.2, -0.15) is 5.10 Å². The lowest BCUT2D eigenvalue weighted by Gasteiger charge is -2.04. The number of amidine groups is 1. The van der Waals surface area contributed by atoms with E-state index in [4.69, 9.17) is 21.6 Å². The Balaban J connectivity index is 3.22. The molecule has 74 valence electrons. The number of nitrogens with two attached hydrogens (primary N) is 2. The van der Waals surface area contributed by atoms with E-state index in [1.807, 2.05) is 0 Å². The van der Waals surface area contributed by atoms with E-state index in [-0.39, 0.29) is 16.9 Å². The van der Waals surface area contributed by atoms with Gasteiger partial charge in [-0.25, -0.2) is 4.39 Å². The Morgan fingerprint density at radius 3 is 2.57 bits per heavy atom. The minimum absolute atomic E-state index is 0.0573. The van der Waals surface area contributed by atoms with Gasteiger partial charge in [0.1, 0.15) is 5.82 Å². The van der Waals surface area contributed by atoms with Crippen LogP contribution in [-0.4, -0.2) is 23.0 Å². The number of nitrogens with zero attached hydrogens (tertiary/aromatic N) is 1. The first kappa shape index (κ1) is 10.5. The molecule has 0 saturated heterocycles. The summed E-state index contributed by atoms with van der Waals surface area (Å²) in [7, 11) is -1.68. The van der Waals surface area contributed by atoms with Crippen molar-refractivity contribution >= 4 is 18.4 Å². The van der Waals surface area contributed by atoms with Crippen LogP contribution in [0.1, 0.15) is 5.56 Å². The van der Waals surface area contributed by atoms with Crippen molar-refractivity contribution in [3.05, 3.63) is 29.6 Å². The Labute approximate surface area is 80.0 Å². The van der Waals surface area contributed by atoms with Crippen molar-refractivity contribution in [1.29, 1.82) is 0 Å². The Morgan fingerprint density at radius 2 is 2.07 bits per heavy atom. The lowest BCUT2D eigenvalue weighted by atomic mass is 9.79. The van der Waals surface area contributed by atoms with E-state index in [1.54, 1.807) is 0 Å². The molecule has 0 saturated carbocycles. The van der Waals surface area contributed by atoms with Crippen molar-refractivity contribution in [1.82, 2.24) is 0 Å². The van der Waals surface area contributed by atoms with E-state index in [2.05, 4.69) is 5.10 Å². The standard InChI is InChI=1S/C7H9BFN3O2/c9-6-2-1-4(8(13)14)3-5(6)7(10)12-11/h1-3,13-14H,11H2,(H2,10,12). The molecule has 6 N–H and O–H groups in total. The van der Waals surface area contributed by atoms with Gasteiger partial charge in [0.2, 0.25) is 0 Å². The molecule has 0 aliphatic rings. The quantitative estimate of drug-likeness (QED) is 0.146. The van der Waals surface area contributed by atoms with Crippen molar-refractivity contribution in [3.8, 4) is 0 Å². The molecule has 0 aromatic heterocycles. The summed E-state index contributed by atoms with van der Waals surface area (Å²) in [5.41, 5.74) is 5.35. The Hall–Kier alpha value is -1.60. The van der Waals surface area contributed by atoms with Gasteiger partial charge in [-0.05, 0) is 17.6 Å². The molecule has 0 amide bonds. The zero-order chi connectivity index (χ0) is 10.7. The summed E-state index contributed by atoms with van der Waals surface area (Å²) >= 11 is 0. The highest BCUT2D eigenvalue weighted by atomic mass is 19.1. The zero-order valence-corrected chi connectivity index (χ0v) is 7.18. The Bertz CT molecular complexity index is 370. The number of hydrogen-bond donors (Lipinski definition) is 4. The molecular weight excluding hydrogens is 188 g/mol. The van der Waals surface area contributed by atoms with Crippen LogP contribution in [0.15, 0.2) is 23.3 Å². The summed E-state index contributed by atoms with van der Waals surface area (Å²) in [4.78, 5) is 0. The van der Waals surface area contributed by atoms with Crippen LogP contribution in [-0.2, 0) is 0 Å². The number of halogens is 1. The maximum Gasteiger partial charge on any atom is 0.488 e. The molecule has 1 rings (SSSR count). The molecule has 7 heteroatoms. The molecule has 1 aromatic rings. The highest BCUT2D eigenvalue weighted by Crippen LogP contribution is 2.04. The molecule has 0 atom stereocenters. The van der Waals surface area contributed by atoms with Gasteiger partial charge in [-0.15, -0.1) is 0 Å². The van der Waals surface area contributed by atoms with Crippen molar-refractivity contribution < 1.29 is 14.4 Å². The summed E-state index contributed by atoms with van der Waals surface area (Å²) in [6.07, 6.45) is 0. The van der Waals surface area contributed by atoms with Gasteiger partial charge in [0.15, 0.2) is 5.84 Å². The maximum atomic E-state index is 13.1. The van der Waals surface area contributed by atoms with Crippen LogP contribution in [0, 0.1) is 5.82 Å². The normalized spacial score (nSPS) is 11.5. The fourth-order valence-corrected chi connectivity index (χ4v) is 0.969. The summed E-state index contributed by atoms with van der Waals surface area (Å²) < 4.78 is 13.1. The topological polar surface area (TPSA) is 105 Å². The third-order valence-electron chi connectivity index (χ3n) is 1.70. The summed E-state index contributed by atoms with van der Waals surface area (Å²) in [6, 6.07) is 3.46. The molecule has 0 bridgehead atoms. The lowest BCUT2D eigenvalue weighted by molar-refractivity contribution is 0.425. The third kappa shape index (κ3) is 2.01. The Kier molecular flexibility index (Phi) is 3.05. The van der Waals surface area contributed by atoms with Crippen LogP contribution < -0.4 is 17.0 Å². The molecule has 0 heterocycles. The second-order valence-electron chi connectivity index (χ2n) is 2.63. The highest BCUT2D eigenvalue weighted by molar-refractivity contribution is 6.58. The fourth-order valence-electron chi connectivity index (χ4n) is 0.969. The summed E-state index contributed by atoms with van der Waals surface area (Å²) in [5, 5.41) is 20.7. The minimum atomic E-state index is -1.68. The number of hydrogen-bond acceptors (Lipinski definition) is 4. The van der Waals surface area contributed by atoms with E-state index in [1.165, 1.54) is 12.1 Å². The molecule has 14 heavy (non-hydrogen) atoms. The smallest absolute Gasteiger partial charge is 0.423 e. The number of rotatable bonds is 2. The van der Waals surface area contributed by atoms with Gasteiger partial charge in [0.25, 0.3) is 0 Å². The van der Waals surface area contributed by atoms with Crippen LogP contribution in [0.3, 0.4) is 0 Å². The Morgan fingerprint density at radius 1 is 1.43 bits per heavy atom. The average Bonchev–Trinajstić information content (AvgIpc) is 2.17. The number of benzene rings is 1. The molecular formula is C7H9BFN3O2. The minimum Gasteiger partial charge on any atom is -0.423 e. The van der Waals surface area contributed by atoms with Gasteiger partial charge in [-0.1, -0.05) is 6.07 Å². The van der Waals surface area contributed by atoms with Crippen molar-refractivity contribution in [2.24, 2.45) is 16.7 Å². The molecule has 0 unspecified atom stereocenters. The lowest BCUT2D eigenvalue weighted by Crippen LogP contribution is -2.31. The van der Waals surface area contributed by atoms with Gasteiger partial charge in [0.05, 0.1) is 5.56 Å². The third-order valence-corrected chi connectivity index (χ3v) is 1.70. The van der Waals surface area contributed by atoms with Gasteiger partial charge >= 0.3 is 7.12 Å². The first-order valence-corrected chi connectivity index (χ1v) is 3.75. The first-order chi connectivity index (χ1) is 6.56. The monoisotopic (exact) mass is 197 g/mol. The van der Waals surface area contributed by atoms with E-state index in [0.717, 1.165) is 6.07 Å². The second kappa shape index (κ2) is 4.08. The van der Waals surface area contributed by atoms with E-state index < -0.39 is 12.9 Å². The predicted molar refractivity (Wildman–Crippen MR) is 51.1 cm³/mol. The zero-order valence-electron chi connectivity index (χ0n) is 7.18. The SMILES string of the molecule is N/N=C(\N)c1cc(B(O)O)ccc1F. The summed E-state index contributed by atoms with van der Waals surface area (Å²) in [5.74, 6) is 4.04. The molecule has 0 fully saturated rings. The molecule has 0 aliphatic heterocycles. The molecule has 0 spiro atoms.